The molecule has 0 spiro atoms. The lowest BCUT2D eigenvalue weighted by Gasteiger charge is -2.06. The first-order chi connectivity index (χ1) is 12.6. The molecule has 0 aliphatic carbocycles. The van der Waals surface area contributed by atoms with Gasteiger partial charge >= 0.3 is 0 Å². The fourth-order valence-electron chi connectivity index (χ4n) is 2.86. The molecule has 8 heteroatoms. The van der Waals surface area contributed by atoms with E-state index in [1.165, 1.54) is 0 Å². The monoisotopic (exact) mass is 365 g/mol. The molecule has 26 heavy (non-hydrogen) atoms. The fourth-order valence-corrected chi connectivity index (χ4v) is 3.62. The average Bonchev–Trinajstić information content (AvgIpc) is 3.23. The van der Waals surface area contributed by atoms with E-state index in [0.717, 1.165) is 28.0 Å². The van der Waals surface area contributed by atoms with Gasteiger partial charge in [-0.05, 0) is 29.7 Å². The number of carbonyl (C=O) groups excluding carboxylic acids is 1. The molecule has 0 unspecified atom stereocenters. The number of rotatable bonds is 4. The van der Waals surface area contributed by atoms with E-state index in [1.807, 2.05) is 43.6 Å². The van der Waals surface area contributed by atoms with Gasteiger partial charge in [-0.15, -0.1) is 0 Å². The number of primary amides is 1. The Labute approximate surface area is 153 Å². The first kappa shape index (κ1) is 16.2. The van der Waals surface area contributed by atoms with Crippen LogP contribution >= 0.6 is 11.5 Å². The number of fused-ring (bicyclic) bond motifs is 1. The maximum Gasteiger partial charge on any atom is 0.261 e. The molecule has 0 radical (unpaired) electrons. The molecule has 0 saturated heterocycles. The number of methoxy groups -OCH3 is 1. The van der Waals surface area contributed by atoms with E-state index in [-0.39, 0.29) is 0 Å². The van der Waals surface area contributed by atoms with Crippen molar-refractivity contribution in [2.24, 2.45) is 12.8 Å². The predicted molar refractivity (Wildman–Crippen MR) is 100 cm³/mol. The van der Waals surface area contributed by atoms with E-state index in [9.17, 15) is 4.79 Å². The Hall–Kier alpha value is -3.26. The molecule has 1 amide bonds. The van der Waals surface area contributed by atoms with Gasteiger partial charge in [0.2, 0.25) is 5.88 Å². The molecule has 0 atom stereocenters. The van der Waals surface area contributed by atoms with Crippen LogP contribution in [0.5, 0.6) is 5.88 Å². The third kappa shape index (κ3) is 2.70. The van der Waals surface area contributed by atoms with E-state index >= 15 is 0 Å². The second-order valence-electron chi connectivity index (χ2n) is 5.74. The van der Waals surface area contributed by atoms with Crippen molar-refractivity contribution < 1.29 is 9.53 Å². The molecule has 1 aromatic carbocycles. The maximum absolute atomic E-state index is 11.9. The molecule has 3 heterocycles. The quantitative estimate of drug-likeness (QED) is 0.600. The summed E-state index contributed by atoms with van der Waals surface area (Å²) >= 11 is 1.07. The van der Waals surface area contributed by atoms with Crippen molar-refractivity contribution in [3.05, 3.63) is 47.5 Å². The summed E-state index contributed by atoms with van der Waals surface area (Å²) in [4.78, 5) is 16.7. The highest BCUT2D eigenvalue weighted by molar-refractivity contribution is 7.09. The van der Waals surface area contributed by atoms with Gasteiger partial charge in [0.15, 0.2) is 0 Å². The second kappa shape index (κ2) is 6.23. The summed E-state index contributed by atoms with van der Waals surface area (Å²) < 4.78 is 11.4. The van der Waals surface area contributed by atoms with E-state index in [2.05, 4.69) is 14.5 Å². The summed E-state index contributed by atoms with van der Waals surface area (Å²) in [5.74, 6) is -0.0754. The predicted octanol–water partition coefficient (Wildman–Crippen LogP) is 2.87. The topological polar surface area (TPSA) is 95.9 Å². The van der Waals surface area contributed by atoms with Crippen LogP contribution in [0.25, 0.3) is 33.4 Å². The third-order valence-electron chi connectivity index (χ3n) is 4.00. The largest absolute Gasteiger partial charge is 0.481 e. The lowest BCUT2D eigenvalue weighted by atomic mass is 10.0. The molecule has 130 valence electrons. The number of aryl methyl sites for hydroxylation is 1. The summed E-state index contributed by atoms with van der Waals surface area (Å²) in [6.07, 6.45) is 1.93. The van der Waals surface area contributed by atoms with Gasteiger partial charge in [-0.2, -0.15) is 9.47 Å². The van der Waals surface area contributed by atoms with Crippen molar-refractivity contribution in [2.75, 3.05) is 7.11 Å². The van der Waals surface area contributed by atoms with Crippen LogP contribution in [0, 0.1) is 0 Å². The average molecular weight is 365 g/mol. The van der Waals surface area contributed by atoms with Crippen LogP contribution in [0.15, 0.2) is 42.6 Å². The SMILES string of the molecule is COc1cccc(-c2c(-c3ccc4nn(C)cc4c3)nsc2C(N)=O)n1. The maximum atomic E-state index is 11.9. The van der Waals surface area contributed by atoms with Gasteiger partial charge in [-0.25, -0.2) is 4.98 Å². The van der Waals surface area contributed by atoms with Crippen LogP contribution in [0.3, 0.4) is 0 Å². The van der Waals surface area contributed by atoms with Crippen LogP contribution in [0.4, 0.5) is 0 Å². The second-order valence-corrected chi connectivity index (χ2v) is 6.51. The van der Waals surface area contributed by atoms with Crippen LogP contribution in [0.2, 0.25) is 0 Å². The Bertz CT molecular complexity index is 1130. The number of ether oxygens (including phenoxy) is 1. The lowest BCUT2D eigenvalue weighted by Crippen LogP contribution is -2.10. The zero-order valence-electron chi connectivity index (χ0n) is 14.1. The molecule has 0 aliphatic heterocycles. The van der Waals surface area contributed by atoms with Crippen molar-refractivity contribution in [1.82, 2.24) is 19.1 Å². The molecule has 7 nitrogen and oxygen atoms in total. The van der Waals surface area contributed by atoms with Crippen LogP contribution < -0.4 is 10.5 Å². The highest BCUT2D eigenvalue weighted by Crippen LogP contribution is 2.37. The minimum absolute atomic E-state index is 0.368. The normalized spacial score (nSPS) is 11.0. The standard InChI is InChI=1S/C18H15N5O2S/c1-23-9-11-8-10(6-7-12(11)21-23)16-15(17(18(19)24)26-22-16)13-4-3-5-14(20-13)25-2/h3-9H,1-2H3,(H2,19,24). The number of aromatic nitrogens is 4. The first-order valence-electron chi connectivity index (χ1n) is 7.81. The zero-order chi connectivity index (χ0) is 18.3. The summed E-state index contributed by atoms with van der Waals surface area (Å²) in [7, 11) is 3.42. The Morgan fingerprint density at radius 2 is 2.12 bits per heavy atom. The molecule has 4 aromatic rings. The van der Waals surface area contributed by atoms with Crippen molar-refractivity contribution >= 4 is 28.3 Å². The highest BCUT2D eigenvalue weighted by atomic mass is 32.1. The number of benzene rings is 1. The smallest absolute Gasteiger partial charge is 0.261 e. The molecule has 0 bridgehead atoms. The minimum atomic E-state index is -0.532. The third-order valence-corrected chi connectivity index (χ3v) is 4.86. The van der Waals surface area contributed by atoms with Gasteiger partial charge in [-0.1, -0.05) is 12.1 Å². The van der Waals surface area contributed by atoms with Crippen molar-refractivity contribution in [3.63, 3.8) is 0 Å². The summed E-state index contributed by atoms with van der Waals surface area (Å²) in [6.45, 7) is 0. The van der Waals surface area contributed by atoms with Crippen molar-refractivity contribution in [2.45, 2.75) is 0 Å². The fraction of sp³-hybridized carbons (Fsp3) is 0.111. The molecule has 4 rings (SSSR count). The first-order valence-corrected chi connectivity index (χ1v) is 8.59. The molecule has 0 aliphatic rings. The number of amides is 1. The minimum Gasteiger partial charge on any atom is -0.481 e. The number of hydrogen-bond donors (Lipinski definition) is 1. The van der Waals surface area contributed by atoms with Crippen LogP contribution in [-0.2, 0) is 7.05 Å². The molecule has 0 saturated carbocycles. The van der Waals surface area contributed by atoms with E-state index in [4.69, 9.17) is 10.5 Å². The Kier molecular flexibility index (Phi) is 3.89. The van der Waals surface area contributed by atoms with Gasteiger partial charge in [0, 0.05) is 30.3 Å². The van der Waals surface area contributed by atoms with Gasteiger partial charge < -0.3 is 10.5 Å². The molecular weight excluding hydrogens is 350 g/mol. The molecular formula is C18H15N5O2S. The summed E-state index contributed by atoms with van der Waals surface area (Å²) in [5, 5.41) is 5.37. The Morgan fingerprint density at radius 1 is 1.27 bits per heavy atom. The molecule has 3 aromatic heterocycles. The highest BCUT2D eigenvalue weighted by Gasteiger charge is 2.22. The van der Waals surface area contributed by atoms with Crippen molar-refractivity contribution in [3.8, 4) is 28.4 Å². The molecule has 2 N–H and O–H groups in total. The Balaban J connectivity index is 1.94. The van der Waals surface area contributed by atoms with Gasteiger partial charge in [0.1, 0.15) is 4.88 Å². The summed E-state index contributed by atoms with van der Waals surface area (Å²) in [6, 6.07) is 11.2. The zero-order valence-corrected chi connectivity index (χ0v) is 14.9. The van der Waals surface area contributed by atoms with E-state index in [1.54, 1.807) is 17.9 Å². The number of hydrogen-bond acceptors (Lipinski definition) is 6. The number of carbonyl (C=O) groups is 1. The van der Waals surface area contributed by atoms with Crippen molar-refractivity contribution in [1.29, 1.82) is 0 Å². The summed E-state index contributed by atoms with van der Waals surface area (Å²) in [5.41, 5.74) is 9.20. The van der Waals surface area contributed by atoms with Crippen LogP contribution in [-0.4, -0.2) is 32.2 Å². The van der Waals surface area contributed by atoms with Gasteiger partial charge in [-0.3, -0.25) is 9.48 Å². The molecule has 0 fully saturated rings. The van der Waals surface area contributed by atoms with Gasteiger partial charge in [0.05, 0.1) is 29.6 Å². The van der Waals surface area contributed by atoms with Gasteiger partial charge in [0.25, 0.3) is 5.91 Å². The number of nitrogens with zero attached hydrogens (tertiary/aromatic N) is 4. The Morgan fingerprint density at radius 3 is 2.88 bits per heavy atom. The number of pyridine rings is 1. The van der Waals surface area contributed by atoms with Crippen LogP contribution in [0.1, 0.15) is 9.67 Å². The lowest BCUT2D eigenvalue weighted by molar-refractivity contribution is 0.100. The number of nitrogens with two attached hydrogens (primary N) is 1. The van der Waals surface area contributed by atoms with E-state index < -0.39 is 5.91 Å². The van der Waals surface area contributed by atoms with E-state index in [0.29, 0.717) is 27.7 Å².